The minimum atomic E-state index is -0.566. The van der Waals surface area contributed by atoms with Crippen molar-refractivity contribution in [2.24, 2.45) is 0 Å². The van der Waals surface area contributed by atoms with E-state index in [0.29, 0.717) is 21.6 Å². The third kappa shape index (κ3) is 4.27. The summed E-state index contributed by atoms with van der Waals surface area (Å²) in [4.78, 5) is 17.6. The van der Waals surface area contributed by atoms with Crippen LogP contribution in [0.4, 0.5) is 24.4 Å². The van der Waals surface area contributed by atoms with Gasteiger partial charge in [-0.25, -0.2) is 18.6 Å². The normalized spacial score (nSPS) is 10.5. The maximum atomic E-state index is 13.2. The molecule has 3 aromatic rings. The average molecular weight is 396 g/mol. The molecule has 0 atom stereocenters. The fourth-order valence-electron chi connectivity index (χ4n) is 2.00. The number of amides is 2. The topological polar surface area (TPSA) is 54.5 Å². The van der Waals surface area contributed by atoms with Gasteiger partial charge in [0.1, 0.15) is 17.4 Å². The number of aromatic nitrogens is 1. The Labute approximate surface area is 156 Å². The van der Waals surface area contributed by atoms with Gasteiger partial charge in [-0.3, -0.25) is 10.2 Å². The molecule has 26 heavy (non-hydrogen) atoms. The summed E-state index contributed by atoms with van der Waals surface area (Å²) in [5, 5.41) is 3.19. The van der Waals surface area contributed by atoms with Crippen LogP contribution in [0.5, 0.6) is 10.8 Å². The molecule has 3 rings (SSSR count). The van der Waals surface area contributed by atoms with E-state index in [4.69, 9.17) is 16.3 Å². The molecule has 1 heterocycles. The van der Waals surface area contributed by atoms with E-state index in [2.05, 4.69) is 10.3 Å². The van der Waals surface area contributed by atoms with Crippen LogP contribution in [0.2, 0.25) is 5.02 Å². The van der Waals surface area contributed by atoms with Gasteiger partial charge >= 0.3 is 6.03 Å². The minimum absolute atomic E-state index is 0.0813. The van der Waals surface area contributed by atoms with Crippen LogP contribution >= 0.6 is 22.9 Å². The van der Waals surface area contributed by atoms with Crippen LogP contribution < -0.4 is 15.0 Å². The molecule has 2 amide bonds. The van der Waals surface area contributed by atoms with Gasteiger partial charge in [-0.05, 0) is 30.3 Å². The summed E-state index contributed by atoms with van der Waals surface area (Å²) in [7, 11) is 1.51. The van der Waals surface area contributed by atoms with Crippen molar-refractivity contribution in [1.82, 2.24) is 4.98 Å². The van der Waals surface area contributed by atoms with Crippen LogP contribution in [0.25, 0.3) is 0 Å². The molecular weight excluding hydrogens is 384 g/mol. The first-order valence-electron chi connectivity index (χ1n) is 7.31. The average Bonchev–Trinajstić information content (AvgIpc) is 3.03. The monoisotopic (exact) mass is 395 g/mol. The minimum Gasteiger partial charge on any atom is -0.445 e. The second-order valence-corrected chi connectivity index (χ2v) is 6.53. The number of thiazole rings is 1. The van der Waals surface area contributed by atoms with E-state index in [-0.39, 0.29) is 5.02 Å². The molecule has 0 saturated heterocycles. The lowest BCUT2D eigenvalue weighted by Gasteiger charge is -2.17. The van der Waals surface area contributed by atoms with Crippen LogP contribution in [0.1, 0.15) is 0 Å². The van der Waals surface area contributed by atoms with Crippen molar-refractivity contribution < 1.29 is 18.3 Å². The quantitative estimate of drug-likeness (QED) is 0.631. The number of nitrogens with zero attached hydrogens (tertiary/aromatic N) is 2. The van der Waals surface area contributed by atoms with Crippen molar-refractivity contribution >= 4 is 39.8 Å². The molecule has 1 aromatic heterocycles. The molecule has 0 saturated carbocycles. The van der Waals surface area contributed by atoms with Crippen molar-refractivity contribution in [3.05, 3.63) is 65.3 Å². The number of carbonyl (C=O) groups is 1. The zero-order valence-electron chi connectivity index (χ0n) is 13.4. The Morgan fingerprint density at radius 1 is 1.27 bits per heavy atom. The number of urea groups is 1. The predicted molar refractivity (Wildman–Crippen MR) is 97.4 cm³/mol. The van der Waals surface area contributed by atoms with Gasteiger partial charge in [-0.15, -0.1) is 0 Å². The van der Waals surface area contributed by atoms with Crippen molar-refractivity contribution in [2.75, 3.05) is 17.3 Å². The number of hydrogen-bond donors (Lipinski definition) is 1. The van der Waals surface area contributed by atoms with Gasteiger partial charge in [0.05, 0.1) is 11.2 Å². The molecule has 0 unspecified atom stereocenters. The summed E-state index contributed by atoms with van der Waals surface area (Å²) >= 11 is 6.81. The molecule has 2 aromatic carbocycles. The molecule has 134 valence electrons. The highest BCUT2D eigenvalue weighted by molar-refractivity contribution is 7.17. The predicted octanol–water partition coefficient (Wildman–Crippen LogP) is 5.54. The van der Waals surface area contributed by atoms with Crippen molar-refractivity contribution in [1.29, 1.82) is 0 Å². The number of anilines is 2. The molecule has 0 radical (unpaired) electrons. The first-order valence-corrected chi connectivity index (χ1v) is 8.51. The van der Waals surface area contributed by atoms with E-state index < -0.39 is 17.7 Å². The largest absolute Gasteiger partial charge is 0.445 e. The summed E-state index contributed by atoms with van der Waals surface area (Å²) in [6.45, 7) is 0. The lowest BCUT2D eigenvalue weighted by molar-refractivity contribution is 0.258. The van der Waals surface area contributed by atoms with Gasteiger partial charge in [0.15, 0.2) is 5.13 Å². The molecule has 0 spiro atoms. The summed E-state index contributed by atoms with van der Waals surface area (Å²) < 4.78 is 31.9. The molecule has 0 aliphatic carbocycles. The number of rotatable bonds is 4. The van der Waals surface area contributed by atoms with Gasteiger partial charge in [-0.1, -0.05) is 29.0 Å². The third-order valence-electron chi connectivity index (χ3n) is 3.31. The van der Waals surface area contributed by atoms with Crippen LogP contribution in [-0.2, 0) is 0 Å². The van der Waals surface area contributed by atoms with Gasteiger partial charge in [0.25, 0.3) is 0 Å². The fourth-order valence-corrected chi connectivity index (χ4v) is 2.85. The van der Waals surface area contributed by atoms with Gasteiger partial charge in [0.2, 0.25) is 5.06 Å². The molecule has 5 nitrogen and oxygen atoms in total. The summed E-state index contributed by atoms with van der Waals surface area (Å²) in [6, 6.07) is 9.14. The molecule has 0 aliphatic heterocycles. The standard InChI is InChI=1S/C17H12ClF2N3O2S/c1-23(11-5-6-14(20)13(18)8-11)17(24)22-16-21-9-15(26-16)25-12-4-2-3-10(19)7-12/h2-9H,1H3,(H,21,22,24). The third-order valence-corrected chi connectivity index (χ3v) is 4.39. The van der Waals surface area contributed by atoms with E-state index >= 15 is 0 Å². The SMILES string of the molecule is CN(C(=O)Nc1ncc(Oc2cccc(F)c2)s1)c1ccc(F)c(Cl)c1. The molecule has 0 fully saturated rings. The van der Waals surface area contributed by atoms with Gasteiger partial charge in [-0.2, -0.15) is 0 Å². The lowest BCUT2D eigenvalue weighted by Crippen LogP contribution is -2.31. The lowest BCUT2D eigenvalue weighted by atomic mass is 10.3. The Morgan fingerprint density at radius 2 is 2.08 bits per heavy atom. The maximum Gasteiger partial charge on any atom is 0.327 e. The second-order valence-electron chi connectivity index (χ2n) is 5.13. The summed E-state index contributed by atoms with van der Waals surface area (Å²) in [5.41, 5.74) is 0.418. The van der Waals surface area contributed by atoms with Crippen LogP contribution in [0, 0.1) is 11.6 Å². The highest BCUT2D eigenvalue weighted by Crippen LogP contribution is 2.31. The first-order chi connectivity index (χ1) is 12.4. The Morgan fingerprint density at radius 3 is 2.81 bits per heavy atom. The highest BCUT2D eigenvalue weighted by atomic mass is 35.5. The Kier molecular flexibility index (Phi) is 5.34. The number of hydrogen-bond acceptors (Lipinski definition) is 4. The maximum absolute atomic E-state index is 13.2. The Bertz CT molecular complexity index is 951. The molecular formula is C17H12ClF2N3O2S. The number of benzene rings is 2. The van der Waals surface area contributed by atoms with Gasteiger partial charge in [0, 0.05) is 18.8 Å². The smallest absolute Gasteiger partial charge is 0.327 e. The number of halogens is 3. The first kappa shape index (κ1) is 18.1. The van der Waals surface area contributed by atoms with E-state index in [1.54, 1.807) is 6.07 Å². The highest BCUT2D eigenvalue weighted by Gasteiger charge is 2.15. The summed E-state index contributed by atoms with van der Waals surface area (Å²) in [5.74, 6) is -0.659. The van der Waals surface area contributed by atoms with Gasteiger partial charge < -0.3 is 4.74 Å². The number of carbonyl (C=O) groups excluding carboxylic acids is 1. The van der Waals surface area contributed by atoms with Crippen LogP contribution in [0.15, 0.2) is 48.7 Å². The van der Waals surface area contributed by atoms with E-state index in [1.807, 2.05) is 0 Å². The van der Waals surface area contributed by atoms with Crippen LogP contribution in [-0.4, -0.2) is 18.1 Å². The van der Waals surface area contributed by atoms with E-state index in [1.165, 1.54) is 54.5 Å². The zero-order chi connectivity index (χ0) is 18.7. The Balaban J connectivity index is 1.66. The van der Waals surface area contributed by atoms with E-state index in [9.17, 15) is 13.6 Å². The number of ether oxygens (including phenoxy) is 1. The molecule has 0 bridgehead atoms. The molecule has 1 N–H and O–H groups in total. The molecule has 9 heteroatoms. The summed E-state index contributed by atoms with van der Waals surface area (Å²) in [6.07, 6.45) is 1.42. The van der Waals surface area contributed by atoms with Crippen molar-refractivity contribution in [3.63, 3.8) is 0 Å². The van der Waals surface area contributed by atoms with Crippen molar-refractivity contribution in [3.8, 4) is 10.8 Å². The molecule has 0 aliphatic rings. The second kappa shape index (κ2) is 7.67. The Hall–Kier alpha value is -2.71. The number of nitrogens with one attached hydrogen (secondary N) is 1. The van der Waals surface area contributed by atoms with Crippen LogP contribution in [0.3, 0.4) is 0 Å². The fraction of sp³-hybridized carbons (Fsp3) is 0.0588. The van der Waals surface area contributed by atoms with Crippen molar-refractivity contribution in [2.45, 2.75) is 0 Å². The zero-order valence-corrected chi connectivity index (χ0v) is 14.9. The van der Waals surface area contributed by atoms with E-state index in [0.717, 1.165) is 11.3 Å².